The summed E-state index contributed by atoms with van der Waals surface area (Å²) in [5, 5.41) is 0.638. The quantitative estimate of drug-likeness (QED) is 0.217. The van der Waals surface area contributed by atoms with Gasteiger partial charge in [-0.05, 0) is 103 Å². The zero-order valence-electron chi connectivity index (χ0n) is 23.6. The van der Waals surface area contributed by atoms with E-state index in [9.17, 15) is 19.2 Å². The zero-order chi connectivity index (χ0) is 29.2. The number of carbonyl (C=O) groups is 4. The highest BCUT2D eigenvalue weighted by Crippen LogP contribution is 2.28. The van der Waals surface area contributed by atoms with Crippen molar-refractivity contribution < 1.29 is 38.1 Å². The topological polar surface area (TPSA) is 113 Å². The summed E-state index contributed by atoms with van der Waals surface area (Å²) in [5.74, 6) is -0.856. The fourth-order valence-corrected chi connectivity index (χ4v) is 3.95. The Kier molecular flexibility index (Phi) is 9.50. The molecule has 1 aromatic carbocycles. The van der Waals surface area contributed by atoms with Gasteiger partial charge in [0.05, 0.1) is 12.6 Å². The molecule has 0 aliphatic rings. The minimum atomic E-state index is -1.44. The van der Waals surface area contributed by atoms with E-state index in [4.69, 9.17) is 18.9 Å². The average Bonchev–Trinajstić information content (AvgIpc) is 3.06. The van der Waals surface area contributed by atoms with Gasteiger partial charge in [0.15, 0.2) is 0 Å². The van der Waals surface area contributed by atoms with Crippen LogP contribution in [0.4, 0.5) is 14.4 Å². The highest BCUT2D eigenvalue weighted by atomic mass is 127. The first-order chi connectivity index (χ1) is 17.2. The monoisotopic (exact) mass is 644 g/mol. The lowest BCUT2D eigenvalue weighted by molar-refractivity contribution is -0.146. The minimum absolute atomic E-state index is 0.169. The molecule has 0 spiro atoms. The summed E-state index contributed by atoms with van der Waals surface area (Å²) >= 11 is 2.13. The van der Waals surface area contributed by atoms with E-state index in [1.807, 2.05) is 6.07 Å². The number of methoxy groups -OCH3 is 1. The molecule has 1 atom stereocenters. The van der Waals surface area contributed by atoms with Crippen LogP contribution in [0, 0.1) is 3.57 Å². The standard InChI is InChI=1S/C27H37IN2O8/c1-25(2,3)36-22(32)29-15-16(18-12-11-17(28)14-19(18)29)13-20(21(31)35-10)30(23(33)37-26(4,5)6)24(34)38-27(7,8)9/h11-12,14-15,20H,13H2,1-10H3/t20-/m1/s1. The van der Waals surface area contributed by atoms with Gasteiger partial charge in [0, 0.05) is 21.6 Å². The highest BCUT2D eigenvalue weighted by Gasteiger charge is 2.41. The molecular weight excluding hydrogens is 607 g/mol. The number of esters is 1. The SMILES string of the molecule is COC(=O)[C@@H](Cc1cn(C(=O)OC(C)(C)C)c2cc(I)ccc12)N(C(=O)OC(C)(C)C)C(=O)OC(C)(C)C. The molecule has 0 aliphatic carbocycles. The first-order valence-electron chi connectivity index (χ1n) is 12.1. The molecule has 2 amide bonds. The Morgan fingerprint density at radius 1 is 0.868 bits per heavy atom. The van der Waals surface area contributed by atoms with Crippen LogP contribution < -0.4 is 0 Å². The van der Waals surface area contributed by atoms with Gasteiger partial charge in [-0.1, -0.05) is 6.07 Å². The van der Waals surface area contributed by atoms with Gasteiger partial charge >= 0.3 is 24.2 Å². The number of benzene rings is 1. The molecule has 0 radical (unpaired) electrons. The van der Waals surface area contributed by atoms with E-state index in [0.29, 0.717) is 21.4 Å². The molecule has 11 heteroatoms. The lowest BCUT2D eigenvalue weighted by Gasteiger charge is -2.32. The van der Waals surface area contributed by atoms with Gasteiger partial charge in [0.25, 0.3) is 0 Å². The minimum Gasteiger partial charge on any atom is -0.467 e. The molecule has 0 N–H and O–H groups in total. The number of imide groups is 1. The number of hydrogen-bond acceptors (Lipinski definition) is 8. The number of hydrogen-bond donors (Lipinski definition) is 0. The Morgan fingerprint density at radius 2 is 1.37 bits per heavy atom. The molecule has 1 heterocycles. The predicted octanol–water partition coefficient (Wildman–Crippen LogP) is 6.29. The molecule has 0 fully saturated rings. The van der Waals surface area contributed by atoms with Crippen molar-refractivity contribution in [2.75, 3.05) is 7.11 Å². The molecule has 1 aromatic heterocycles. The number of nitrogens with zero attached hydrogens (tertiary/aromatic N) is 2. The van der Waals surface area contributed by atoms with Gasteiger partial charge in [0.1, 0.15) is 22.8 Å². The highest BCUT2D eigenvalue weighted by molar-refractivity contribution is 14.1. The van der Waals surface area contributed by atoms with Crippen molar-refractivity contribution in [3.8, 4) is 0 Å². The Balaban J connectivity index is 2.66. The first-order valence-corrected chi connectivity index (χ1v) is 13.2. The maximum Gasteiger partial charge on any atom is 0.420 e. The number of ether oxygens (including phenoxy) is 4. The van der Waals surface area contributed by atoms with Gasteiger partial charge in [-0.25, -0.2) is 19.2 Å². The fraction of sp³-hybridized carbons (Fsp3) is 0.556. The van der Waals surface area contributed by atoms with Gasteiger partial charge in [0.2, 0.25) is 0 Å². The van der Waals surface area contributed by atoms with Crippen LogP contribution >= 0.6 is 22.6 Å². The Bertz CT molecular complexity index is 1190. The summed E-state index contributed by atoms with van der Waals surface area (Å²) in [6, 6.07) is 4.00. The Morgan fingerprint density at radius 3 is 1.82 bits per heavy atom. The normalized spacial score (nSPS) is 13.0. The molecule has 2 aromatic rings. The van der Waals surface area contributed by atoms with E-state index in [1.54, 1.807) is 74.4 Å². The molecule has 0 bridgehead atoms. The number of carbonyl (C=O) groups excluding carboxylic acids is 4. The van der Waals surface area contributed by atoms with Crippen molar-refractivity contribution in [3.05, 3.63) is 33.5 Å². The lowest BCUT2D eigenvalue weighted by Crippen LogP contribution is -2.53. The lowest BCUT2D eigenvalue weighted by atomic mass is 10.0. The van der Waals surface area contributed by atoms with Crippen molar-refractivity contribution in [1.29, 1.82) is 0 Å². The third kappa shape index (κ3) is 8.60. The number of halogens is 1. The van der Waals surface area contributed by atoms with Gasteiger partial charge in [-0.3, -0.25) is 4.57 Å². The number of rotatable bonds is 4. The second-order valence-corrected chi connectivity index (χ2v) is 13.0. The number of fused-ring (bicyclic) bond motifs is 1. The van der Waals surface area contributed by atoms with E-state index in [0.717, 1.165) is 10.7 Å². The van der Waals surface area contributed by atoms with Crippen LogP contribution in [-0.4, -0.2) is 63.7 Å². The molecule has 10 nitrogen and oxygen atoms in total. The van der Waals surface area contributed by atoms with Crippen molar-refractivity contribution in [2.24, 2.45) is 0 Å². The summed E-state index contributed by atoms with van der Waals surface area (Å²) in [4.78, 5) is 53.2. The second kappa shape index (κ2) is 11.5. The largest absolute Gasteiger partial charge is 0.467 e. The van der Waals surface area contributed by atoms with Crippen molar-refractivity contribution in [2.45, 2.75) is 91.6 Å². The maximum atomic E-state index is 13.2. The smallest absolute Gasteiger partial charge is 0.420 e. The molecule has 38 heavy (non-hydrogen) atoms. The van der Waals surface area contributed by atoms with Gasteiger partial charge < -0.3 is 18.9 Å². The molecule has 0 unspecified atom stereocenters. The average molecular weight is 645 g/mol. The Labute approximate surface area is 237 Å². The first kappa shape index (κ1) is 31.4. The van der Waals surface area contributed by atoms with Crippen molar-refractivity contribution in [3.63, 3.8) is 0 Å². The van der Waals surface area contributed by atoms with Crippen LogP contribution in [0.2, 0.25) is 0 Å². The Hall–Kier alpha value is -2.83. The van der Waals surface area contributed by atoms with E-state index in [2.05, 4.69) is 22.6 Å². The van der Waals surface area contributed by atoms with Crippen LogP contribution in [0.5, 0.6) is 0 Å². The van der Waals surface area contributed by atoms with E-state index >= 15 is 0 Å². The van der Waals surface area contributed by atoms with Crippen LogP contribution in [-0.2, 0) is 30.2 Å². The van der Waals surface area contributed by atoms with Gasteiger partial charge in [-0.15, -0.1) is 0 Å². The van der Waals surface area contributed by atoms with Gasteiger partial charge in [-0.2, -0.15) is 4.90 Å². The molecule has 2 rings (SSSR count). The summed E-state index contributed by atoms with van der Waals surface area (Å²) < 4.78 is 23.7. The van der Waals surface area contributed by atoms with E-state index < -0.39 is 47.1 Å². The summed E-state index contributed by atoms with van der Waals surface area (Å²) in [5.41, 5.74) is -1.60. The third-order valence-electron chi connectivity index (χ3n) is 4.82. The molecular formula is C27H37IN2O8. The number of amides is 2. The van der Waals surface area contributed by atoms with E-state index in [-0.39, 0.29) is 6.42 Å². The second-order valence-electron chi connectivity index (χ2n) is 11.7. The third-order valence-corrected chi connectivity index (χ3v) is 5.49. The van der Waals surface area contributed by atoms with Crippen LogP contribution in [0.25, 0.3) is 10.9 Å². The van der Waals surface area contributed by atoms with Crippen LogP contribution in [0.15, 0.2) is 24.4 Å². The summed E-state index contributed by atoms with van der Waals surface area (Å²) in [6.07, 6.45) is -1.37. The van der Waals surface area contributed by atoms with E-state index in [1.165, 1.54) is 10.8 Å². The summed E-state index contributed by atoms with van der Waals surface area (Å²) in [6.45, 7) is 15.1. The zero-order valence-corrected chi connectivity index (χ0v) is 25.8. The molecule has 0 saturated heterocycles. The van der Waals surface area contributed by atoms with Crippen LogP contribution in [0.3, 0.4) is 0 Å². The molecule has 0 aliphatic heterocycles. The fourth-order valence-electron chi connectivity index (χ4n) is 3.47. The van der Waals surface area contributed by atoms with Crippen LogP contribution in [0.1, 0.15) is 67.9 Å². The summed E-state index contributed by atoms with van der Waals surface area (Å²) in [7, 11) is 1.16. The maximum absolute atomic E-state index is 13.2. The number of aromatic nitrogens is 1. The van der Waals surface area contributed by atoms with Crippen molar-refractivity contribution >= 4 is 57.7 Å². The molecule has 0 saturated carbocycles. The molecule has 210 valence electrons. The van der Waals surface area contributed by atoms with Crippen molar-refractivity contribution in [1.82, 2.24) is 9.47 Å². The predicted molar refractivity (Wildman–Crippen MR) is 150 cm³/mol.